The first kappa shape index (κ1) is 10.1. The van der Waals surface area contributed by atoms with Crippen molar-refractivity contribution in [2.24, 2.45) is 5.73 Å². The first-order chi connectivity index (χ1) is 5.11. The van der Waals surface area contributed by atoms with Gasteiger partial charge >= 0.3 is 0 Å². The fraction of sp³-hybridized carbons (Fsp3) is 0.714. The molecule has 0 saturated carbocycles. The molecule has 4 nitrogen and oxygen atoms in total. The van der Waals surface area contributed by atoms with Crippen LogP contribution in [0.4, 0.5) is 0 Å². The number of hydrogen-bond acceptors (Lipinski definition) is 3. The minimum absolute atomic E-state index is 0.0331. The topological polar surface area (TPSA) is 72.2 Å². The van der Waals surface area contributed by atoms with Gasteiger partial charge in [0.25, 0.3) is 0 Å². The third-order valence-electron chi connectivity index (χ3n) is 1.42. The predicted molar refractivity (Wildman–Crippen MR) is 42.0 cm³/mol. The van der Waals surface area contributed by atoms with Gasteiger partial charge in [-0.1, -0.05) is 6.92 Å². The number of hydrogen-bond donors (Lipinski definition) is 2. The fourth-order valence-corrected chi connectivity index (χ4v) is 0.744. The Bertz CT molecular complexity index is 157. The lowest BCUT2D eigenvalue weighted by molar-refractivity contribution is -0.126. The Morgan fingerprint density at radius 2 is 2.09 bits per heavy atom. The maximum Gasteiger partial charge on any atom is 0.234 e. The maximum atomic E-state index is 10.8. The summed E-state index contributed by atoms with van der Waals surface area (Å²) in [5.74, 6) is -0.318. The zero-order valence-electron chi connectivity index (χ0n) is 6.89. The molecule has 0 spiro atoms. The summed E-state index contributed by atoms with van der Waals surface area (Å²) in [5.41, 5.74) is 5.05. The highest BCUT2D eigenvalue weighted by molar-refractivity contribution is 5.87. The number of Topliss-reactive ketones (excluding diaryl/α,β-unsaturated/α-hetero) is 1. The first-order valence-electron chi connectivity index (χ1n) is 3.61. The molecular formula is C7H14N2O2. The lowest BCUT2D eigenvalue weighted by Gasteiger charge is -2.11. The molecule has 0 aromatic rings. The van der Waals surface area contributed by atoms with Gasteiger partial charge in [-0.2, -0.15) is 0 Å². The third kappa shape index (κ3) is 3.72. The van der Waals surface area contributed by atoms with Crippen molar-refractivity contribution < 1.29 is 9.59 Å². The smallest absolute Gasteiger partial charge is 0.234 e. The molecule has 0 rings (SSSR count). The molecule has 0 aliphatic carbocycles. The van der Waals surface area contributed by atoms with Gasteiger partial charge in [-0.05, 0) is 13.3 Å². The lowest BCUT2D eigenvalue weighted by Crippen LogP contribution is -2.42. The molecule has 0 bridgehead atoms. The van der Waals surface area contributed by atoms with E-state index >= 15 is 0 Å². The summed E-state index contributed by atoms with van der Waals surface area (Å²) in [4.78, 5) is 21.5. The van der Waals surface area contributed by atoms with Gasteiger partial charge in [0.1, 0.15) is 0 Å². The molecule has 0 aliphatic heterocycles. The van der Waals surface area contributed by atoms with Crippen LogP contribution in [0.3, 0.4) is 0 Å². The van der Waals surface area contributed by atoms with Crippen molar-refractivity contribution in [3.8, 4) is 0 Å². The van der Waals surface area contributed by atoms with E-state index in [0.29, 0.717) is 6.42 Å². The second-order valence-corrected chi connectivity index (χ2v) is 2.34. The Balaban J connectivity index is 3.88. The summed E-state index contributed by atoms with van der Waals surface area (Å²) < 4.78 is 0. The Hall–Kier alpha value is -0.900. The van der Waals surface area contributed by atoms with Crippen molar-refractivity contribution >= 4 is 11.7 Å². The Morgan fingerprint density at radius 1 is 1.55 bits per heavy atom. The molecule has 64 valence electrons. The molecule has 0 radical (unpaired) electrons. The van der Waals surface area contributed by atoms with Crippen molar-refractivity contribution in [2.45, 2.75) is 26.3 Å². The number of nitrogens with two attached hydrogens (primary N) is 1. The van der Waals surface area contributed by atoms with Gasteiger partial charge in [0.15, 0.2) is 5.78 Å². The Morgan fingerprint density at radius 3 is 2.36 bits per heavy atom. The van der Waals surface area contributed by atoms with E-state index in [1.54, 1.807) is 0 Å². The number of rotatable bonds is 4. The van der Waals surface area contributed by atoms with E-state index in [-0.39, 0.29) is 24.3 Å². The summed E-state index contributed by atoms with van der Waals surface area (Å²) in [6, 6.07) is -0.369. The second kappa shape index (κ2) is 4.85. The van der Waals surface area contributed by atoms with E-state index in [0.717, 1.165) is 0 Å². The SMILES string of the molecule is CCC(NC(=O)CN)C(C)=O. The molecule has 1 unspecified atom stereocenters. The van der Waals surface area contributed by atoms with E-state index in [4.69, 9.17) is 5.73 Å². The quantitative estimate of drug-likeness (QED) is 0.575. The molecule has 3 N–H and O–H groups in total. The predicted octanol–water partition coefficient (Wildman–Crippen LogP) is -0.571. The summed E-state index contributed by atoms with van der Waals surface area (Å²) in [6.45, 7) is 3.22. The van der Waals surface area contributed by atoms with Crippen molar-refractivity contribution in [1.82, 2.24) is 5.32 Å². The van der Waals surface area contributed by atoms with Crippen LogP contribution in [0.2, 0.25) is 0 Å². The molecule has 4 heteroatoms. The van der Waals surface area contributed by atoms with Crippen LogP contribution in [0.1, 0.15) is 20.3 Å². The van der Waals surface area contributed by atoms with Gasteiger partial charge in [-0.3, -0.25) is 9.59 Å². The van der Waals surface area contributed by atoms with Crippen LogP contribution in [0.5, 0.6) is 0 Å². The van der Waals surface area contributed by atoms with Gasteiger partial charge in [-0.25, -0.2) is 0 Å². The molecule has 0 fully saturated rings. The molecule has 0 aromatic heterocycles. The zero-order chi connectivity index (χ0) is 8.85. The Labute approximate surface area is 66.1 Å². The average molecular weight is 158 g/mol. The molecule has 0 heterocycles. The highest BCUT2D eigenvalue weighted by Crippen LogP contribution is 1.91. The number of nitrogens with one attached hydrogen (secondary N) is 1. The zero-order valence-corrected chi connectivity index (χ0v) is 6.89. The van der Waals surface area contributed by atoms with Crippen LogP contribution in [0, 0.1) is 0 Å². The summed E-state index contributed by atoms with van der Waals surface area (Å²) in [6.07, 6.45) is 0.612. The van der Waals surface area contributed by atoms with Crippen LogP contribution in [0.25, 0.3) is 0 Å². The summed E-state index contributed by atoms with van der Waals surface area (Å²) >= 11 is 0. The molecule has 0 saturated heterocycles. The van der Waals surface area contributed by atoms with Crippen molar-refractivity contribution in [1.29, 1.82) is 0 Å². The van der Waals surface area contributed by atoms with Crippen LogP contribution in [0.15, 0.2) is 0 Å². The fourth-order valence-electron chi connectivity index (χ4n) is 0.744. The molecule has 0 aromatic carbocycles. The maximum absolute atomic E-state index is 10.8. The first-order valence-corrected chi connectivity index (χ1v) is 3.61. The normalized spacial score (nSPS) is 12.3. The second-order valence-electron chi connectivity index (χ2n) is 2.34. The number of amides is 1. The largest absolute Gasteiger partial charge is 0.345 e. The van der Waals surface area contributed by atoms with E-state index in [1.807, 2.05) is 6.92 Å². The van der Waals surface area contributed by atoms with Gasteiger partial charge in [0, 0.05) is 0 Å². The monoisotopic (exact) mass is 158 g/mol. The minimum Gasteiger partial charge on any atom is -0.345 e. The van der Waals surface area contributed by atoms with E-state index in [2.05, 4.69) is 5.32 Å². The van der Waals surface area contributed by atoms with Crippen LogP contribution in [-0.4, -0.2) is 24.3 Å². The summed E-state index contributed by atoms with van der Waals surface area (Å²) in [5, 5.41) is 2.50. The summed E-state index contributed by atoms with van der Waals surface area (Å²) in [7, 11) is 0. The number of ketones is 1. The average Bonchev–Trinajstić information content (AvgIpc) is 1.99. The number of carbonyl (C=O) groups is 2. The molecule has 0 aliphatic rings. The van der Waals surface area contributed by atoms with E-state index in [9.17, 15) is 9.59 Å². The van der Waals surface area contributed by atoms with Gasteiger partial charge in [-0.15, -0.1) is 0 Å². The van der Waals surface area contributed by atoms with Crippen LogP contribution in [-0.2, 0) is 9.59 Å². The van der Waals surface area contributed by atoms with Gasteiger partial charge < -0.3 is 11.1 Å². The highest BCUT2D eigenvalue weighted by Gasteiger charge is 2.12. The highest BCUT2D eigenvalue weighted by atomic mass is 16.2. The van der Waals surface area contributed by atoms with Crippen molar-refractivity contribution in [3.05, 3.63) is 0 Å². The minimum atomic E-state index is -0.369. The van der Waals surface area contributed by atoms with Gasteiger partial charge in [0.05, 0.1) is 12.6 Å². The standard InChI is InChI=1S/C7H14N2O2/c1-3-6(5(2)10)9-7(11)4-8/h6H,3-4,8H2,1-2H3,(H,9,11). The van der Waals surface area contributed by atoms with E-state index in [1.165, 1.54) is 6.92 Å². The number of carbonyl (C=O) groups excluding carboxylic acids is 2. The van der Waals surface area contributed by atoms with Crippen LogP contribution >= 0.6 is 0 Å². The van der Waals surface area contributed by atoms with Crippen molar-refractivity contribution in [2.75, 3.05) is 6.54 Å². The molecule has 1 amide bonds. The molecular weight excluding hydrogens is 144 g/mol. The van der Waals surface area contributed by atoms with E-state index < -0.39 is 0 Å². The Kier molecular flexibility index (Phi) is 4.45. The lowest BCUT2D eigenvalue weighted by atomic mass is 10.1. The van der Waals surface area contributed by atoms with Crippen LogP contribution < -0.4 is 11.1 Å². The third-order valence-corrected chi connectivity index (χ3v) is 1.42. The van der Waals surface area contributed by atoms with Gasteiger partial charge in [0.2, 0.25) is 5.91 Å². The molecule has 11 heavy (non-hydrogen) atoms. The molecule has 1 atom stereocenters. The van der Waals surface area contributed by atoms with Crippen molar-refractivity contribution in [3.63, 3.8) is 0 Å².